The number of carbonyl (C=O) groups is 2. The summed E-state index contributed by atoms with van der Waals surface area (Å²) in [6.45, 7) is 0.833. The maximum atomic E-state index is 15.3. The van der Waals surface area contributed by atoms with Gasteiger partial charge in [-0.15, -0.1) is 0 Å². The highest BCUT2D eigenvalue weighted by Crippen LogP contribution is 2.47. The van der Waals surface area contributed by atoms with E-state index in [1.165, 1.54) is 6.07 Å². The van der Waals surface area contributed by atoms with Gasteiger partial charge in [-0.25, -0.2) is 4.39 Å². The summed E-state index contributed by atoms with van der Waals surface area (Å²) >= 11 is 0. The number of aliphatic carboxylic acids is 1. The zero-order chi connectivity index (χ0) is 19.6. The molecule has 8 heteroatoms. The molecule has 5 rings (SSSR count). The lowest BCUT2D eigenvalue weighted by atomic mass is 9.86. The van der Waals surface area contributed by atoms with E-state index in [0.29, 0.717) is 29.1 Å². The molecule has 1 aromatic rings. The van der Waals surface area contributed by atoms with Crippen molar-refractivity contribution in [3.63, 3.8) is 0 Å². The van der Waals surface area contributed by atoms with Crippen LogP contribution in [0.25, 0.3) is 0 Å². The van der Waals surface area contributed by atoms with Crippen molar-refractivity contribution >= 4 is 28.8 Å². The molecular formula is C20H22FN3O4. The molecule has 3 aliphatic heterocycles. The van der Waals surface area contributed by atoms with Gasteiger partial charge in [0.1, 0.15) is 11.7 Å². The number of oxime groups is 1. The quantitative estimate of drug-likeness (QED) is 0.460. The van der Waals surface area contributed by atoms with Gasteiger partial charge in [0.05, 0.1) is 17.1 Å². The Bertz CT molecular complexity index is 911. The predicted octanol–water partition coefficient (Wildman–Crippen LogP) is 2.44. The highest BCUT2D eigenvalue weighted by Gasteiger charge is 2.45. The van der Waals surface area contributed by atoms with E-state index in [-0.39, 0.29) is 30.6 Å². The Morgan fingerprint density at radius 3 is 2.64 bits per heavy atom. The van der Waals surface area contributed by atoms with Gasteiger partial charge in [-0.3, -0.25) is 9.59 Å². The average Bonchev–Trinajstić information content (AvgIpc) is 3.44. The summed E-state index contributed by atoms with van der Waals surface area (Å²) in [5.41, 5.74) is 2.53. The third kappa shape index (κ3) is 2.50. The lowest BCUT2D eigenvalue weighted by molar-refractivity contribution is -0.139. The Kier molecular flexibility index (Phi) is 3.86. The van der Waals surface area contributed by atoms with E-state index >= 15 is 4.39 Å². The number of carbonyl (C=O) groups excluding carboxylic acids is 1. The van der Waals surface area contributed by atoms with Crippen LogP contribution in [0.2, 0.25) is 0 Å². The largest absolute Gasteiger partial charge is 0.481 e. The number of Topliss-reactive ketones (excluding diaryl/α,β-unsaturated/α-hetero) is 1. The first kappa shape index (κ1) is 17.5. The SMILES string of the molecule is O=C(O)C1CN(C2CC2)c2c(cc(F)c3c2C/C(=N/O)CC2CCCN32)C1=O. The number of carboxylic acid groups (broad SMARTS) is 1. The molecule has 1 saturated carbocycles. The fourth-order valence-corrected chi connectivity index (χ4v) is 5.11. The zero-order valence-corrected chi connectivity index (χ0v) is 15.4. The molecule has 0 bridgehead atoms. The molecule has 1 saturated heterocycles. The minimum atomic E-state index is -1.18. The molecule has 0 amide bonds. The van der Waals surface area contributed by atoms with Crippen LogP contribution in [0, 0.1) is 11.7 Å². The summed E-state index contributed by atoms with van der Waals surface area (Å²) in [5, 5.41) is 22.5. The van der Waals surface area contributed by atoms with Crippen molar-refractivity contribution < 1.29 is 24.3 Å². The van der Waals surface area contributed by atoms with Gasteiger partial charge in [0.15, 0.2) is 5.78 Å². The Hall–Kier alpha value is -2.64. The van der Waals surface area contributed by atoms with Crippen LogP contribution in [0.15, 0.2) is 11.2 Å². The van der Waals surface area contributed by atoms with E-state index in [4.69, 9.17) is 0 Å². The molecule has 0 aromatic heterocycles. The summed E-state index contributed by atoms with van der Waals surface area (Å²) in [5.74, 6) is -3.38. The predicted molar refractivity (Wildman–Crippen MR) is 100 cm³/mol. The van der Waals surface area contributed by atoms with Crippen molar-refractivity contribution in [2.24, 2.45) is 11.1 Å². The molecule has 1 aromatic carbocycles. The number of anilines is 2. The molecule has 2 fully saturated rings. The normalized spacial score (nSPS) is 28.0. The second-order valence-electron chi connectivity index (χ2n) is 8.26. The van der Waals surface area contributed by atoms with Crippen molar-refractivity contribution in [2.75, 3.05) is 22.9 Å². The van der Waals surface area contributed by atoms with Crippen LogP contribution in [0.4, 0.5) is 15.8 Å². The number of carboxylic acids is 1. The number of hydrogen-bond acceptors (Lipinski definition) is 6. The molecular weight excluding hydrogens is 365 g/mol. The number of hydrogen-bond donors (Lipinski definition) is 2. The summed E-state index contributed by atoms with van der Waals surface area (Å²) < 4.78 is 15.3. The van der Waals surface area contributed by atoms with Crippen LogP contribution in [-0.4, -0.2) is 53.0 Å². The molecule has 1 aliphatic carbocycles. The number of halogens is 1. The molecule has 2 atom stereocenters. The van der Waals surface area contributed by atoms with Gasteiger partial charge in [-0.2, -0.15) is 0 Å². The van der Waals surface area contributed by atoms with Gasteiger partial charge in [-0.1, -0.05) is 5.16 Å². The number of benzene rings is 1. The number of ketones is 1. The summed E-state index contributed by atoms with van der Waals surface area (Å²) in [4.78, 5) is 28.5. The van der Waals surface area contributed by atoms with Crippen LogP contribution in [0.3, 0.4) is 0 Å². The minimum absolute atomic E-state index is 0.0835. The highest BCUT2D eigenvalue weighted by molar-refractivity contribution is 6.14. The molecule has 4 aliphatic rings. The van der Waals surface area contributed by atoms with E-state index in [0.717, 1.165) is 32.2 Å². The maximum absolute atomic E-state index is 15.3. The van der Waals surface area contributed by atoms with Gasteiger partial charge >= 0.3 is 5.97 Å². The van der Waals surface area contributed by atoms with E-state index in [1.807, 2.05) is 9.80 Å². The van der Waals surface area contributed by atoms with E-state index in [2.05, 4.69) is 5.16 Å². The molecule has 3 heterocycles. The van der Waals surface area contributed by atoms with Crippen LogP contribution in [0.1, 0.15) is 48.0 Å². The molecule has 2 N–H and O–H groups in total. The smallest absolute Gasteiger partial charge is 0.316 e. The van der Waals surface area contributed by atoms with Crippen molar-refractivity contribution in [3.05, 3.63) is 23.0 Å². The van der Waals surface area contributed by atoms with E-state index < -0.39 is 23.5 Å². The maximum Gasteiger partial charge on any atom is 0.316 e. The van der Waals surface area contributed by atoms with Crippen molar-refractivity contribution in [2.45, 2.75) is 50.6 Å². The summed E-state index contributed by atoms with van der Waals surface area (Å²) in [6.07, 6.45) is 4.54. The summed E-state index contributed by atoms with van der Waals surface area (Å²) in [7, 11) is 0. The van der Waals surface area contributed by atoms with E-state index in [9.17, 15) is 19.9 Å². The van der Waals surface area contributed by atoms with Gasteiger partial charge < -0.3 is 20.1 Å². The Labute approximate surface area is 161 Å². The molecule has 7 nitrogen and oxygen atoms in total. The Morgan fingerprint density at radius 2 is 1.96 bits per heavy atom. The first-order chi connectivity index (χ1) is 13.5. The van der Waals surface area contributed by atoms with Crippen LogP contribution < -0.4 is 9.80 Å². The average molecular weight is 387 g/mol. The standard InChI is InChI=1S/C20H22FN3O4/c21-16-8-14-17(24(11-3-4-11)9-15(19(14)25)20(26)27)13-7-10(22-28)6-12-2-1-5-23(12)18(13)16/h8,11-12,15,28H,1-7,9H2,(H,26,27)/b22-10+. The fraction of sp³-hybridized carbons (Fsp3) is 0.550. The third-order valence-electron chi connectivity index (χ3n) is 6.52. The second-order valence-corrected chi connectivity index (χ2v) is 8.26. The first-order valence-corrected chi connectivity index (χ1v) is 9.85. The zero-order valence-electron chi connectivity index (χ0n) is 15.4. The summed E-state index contributed by atoms with van der Waals surface area (Å²) in [6, 6.07) is 1.49. The highest BCUT2D eigenvalue weighted by atomic mass is 19.1. The Morgan fingerprint density at radius 1 is 1.18 bits per heavy atom. The molecule has 148 valence electrons. The lowest BCUT2D eigenvalue weighted by Crippen LogP contribution is -2.45. The van der Waals surface area contributed by atoms with Crippen molar-refractivity contribution in [3.8, 4) is 0 Å². The van der Waals surface area contributed by atoms with Crippen LogP contribution in [-0.2, 0) is 11.2 Å². The molecule has 0 radical (unpaired) electrons. The Balaban J connectivity index is 1.75. The van der Waals surface area contributed by atoms with E-state index in [1.54, 1.807) is 0 Å². The number of fused-ring (bicyclic) bond motifs is 5. The molecule has 28 heavy (non-hydrogen) atoms. The number of nitrogens with zero attached hydrogens (tertiary/aromatic N) is 3. The van der Waals surface area contributed by atoms with Gasteiger partial charge in [0, 0.05) is 49.1 Å². The fourth-order valence-electron chi connectivity index (χ4n) is 5.11. The third-order valence-corrected chi connectivity index (χ3v) is 6.52. The second kappa shape index (κ2) is 6.18. The minimum Gasteiger partial charge on any atom is -0.481 e. The first-order valence-electron chi connectivity index (χ1n) is 9.85. The topological polar surface area (TPSA) is 93.4 Å². The lowest BCUT2D eigenvalue weighted by Gasteiger charge is -2.37. The van der Waals surface area contributed by atoms with Gasteiger partial charge in [-0.05, 0) is 31.7 Å². The van der Waals surface area contributed by atoms with Crippen molar-refractivity contribution in [1.29, 1.82) is 0 Å². The van der Waals surface area contributed by atoms with Gasteiger partial charge in [0.2, 0.25) is 0 Å². The van der Waals surface area contributed by atoms with Gasteiger partial charge in [0.25, 0.3) is 0 Å². The van der Waals surface area contributed by atoms with Crippen LogP contribution >= 0.6 is 0 Å². The number of rotatable bonds is 2. The van der Waals surface area contributed by atoms with Crippen LogP contribution in [0.5, 0.6) is 0 Å². The monoisotopic (exact) mass is 387 g/mol. The molecule has 0 spiro atoms. The van der Waals surface area contributed by atoms with Crippen molar-refractivity contribution in [1.82, 2.24) is 0 Å². The molecule has 2 unspecified atom stereocenters.